The second-order valence-electron chi connectivity index (χ2n) is 3.89. The molecule has 0 N–H and O–H groups in total. The summed E-state index contributed by atoms with van der Waals surface area (Å²) in [5, 5.41) is 0. The second-order valence-corrected chi connectivity index (χ2v) is 3.89. The molecule has 72 valence electrons. The largest absolute Gasteiger partial charge is 0.299 e. The number of Topliss-reactive ketones (excluding diaryl/α,β-unsaturated/α-hetero) is 3. The topological polar surface area (TPSA) is 51.2 Å². The van der Waals surface area contributed by atoms with Crippen LogP contribution in [0, 0.1) is 17.8 Å². The van der Waals surface area contributed by atoms with Crippen LogP contribution in [-0.4, -0.2) is 17.3 Å². The molecule has 3 heteroatoms. The van der Waals surface area contributed by atoms with E-state index in [4.69, 9.17) is 0 Å². The van der Waals surface area contributed by atoms with Gasteiger partial charge in [-0.15, -0.1) is 0 Å². The van der Waals surface area contributed by atoms with Gasteiger partial charge >= 0.3 is 0 Å². The van der Waals surface area contributed by atoms with Gasteiger partial charge in [0.25, 0.3) is 0 Å². The van der Waals surface area contributed by atoms with Gasteiger partial charge in [-0.25, -0.2) is 0 Å². The summed E-state index contributed by atoms with van der Waals surface area (Å²) >= 11 is 0. The molecule has 0 radical (unpaired) electrons. The van der Waals surface area contributed by atoms with Crippen molar-refractivity contribution in [2.24, 2.45) is 17.8 Å². The quantitative estimate of drug-likeness (QED) is 0.568. The van der Waals surface area contributed by atoms with Crippen LogP contribution < -0.4 is 0 Å². The number of ketones is 3. The molecule has 1 aliphatic rings. The zero-order valence-corrected chi connectivity index (χ0v) is 8.16. The highest BCUT2D eigenvalue weighted by Gasteiger charge is 2.41. The normalized spacial score (nSPS) is 34.8. The molecule has 1 aliphatic carbocycles. The van der Waals surface area contributed by atoms with Gasteiger partial charge in [0.05, 0.1) is 0 Å². The number of rotatable bonds is 1. The number of carbonyl (C=O) groups excluding carboxylic acids is 3. The molecule has 1 fully saturated rings. The Hall–Kier alpha value is -0.990. The molecule has 3 nitrogen and oxygen atoms in total. The van der Waals surface area contributed by atoms with E-state index in [0.29, 0.717) is 6.42 Å². The average molecular weight is 182 g/mol. The van der Waals surface area contributed by atoms with Crippen molar-refractivity contribution in [3.05, 3.63) is 0 Å². The maximum atomic E-state index is 11.5. The molecule has 3 atom stereocenters. The van der Waals surface area contributed by atoms with Gasteiger partial charge in [-0.3, -0.25) is 14.4 Å². The summed E-state index contributed by atoms with van der Waals surface area (Å²) in [6.45, 7) is 4.87. The molecule has 1 unspecified atom stereocenters. The molecular weight excluding hydrogens is 168 g/mol. The lowest BCUT2D eigenvalue weighted by Crippen LogP contribution is -2.42. The van der Waals surface area contributed by atoms with Crippen molar-refractivity contribution in [2.45, 2.75) is 27.2 Å². The molecule has 0 amide bonds. The first-order valence-corrected chi connectivity index (χ1v) is 4.53. The maximum Gasteiger partial charge on any atom is 0.153 e. The third-order valence-corrected chi connectivity index (χ3v) is 2.65. The summed E-state index contributed by atoms with van der Waals surface area (Å²) in [6, 6.07) is 0. The molecule has 0 saturated heterocycles. The fraction of sp³-hybridized carbons (Fsp3) is 0.700. The Bertz CT molecular complexity index is 247. The summed E-state index contributed by atoms with van der Waals surface area (Å²) in [5.74, 6) is -1.98. The van der Waals surface area contributed by atoms with Gasteiger partial charge in [-0.2, -0.15) is 0 Å². The van der Waals surface area contributed by atoms with Crippen molar-refractivity contribution in [1.29, 1.82) is 0 Å². The summed E-state index contributed by atoms with van der Waals surface area (Å²) in [6.07, 6.45) is 0.585. The zero-order valence-electron chi connectivity index (χ0n) is 8.16. The smallest absolute Gasteiger partial charge is 0.153 e. The van der Waals surface area contributed by atoms with Crippen molar-refractivity contribution in [3.8, 4) is 0 Å². The Morgan fingerprint density at radius 1 is 1.15 bits per heavy atom. The highest BCUT2D eigenvalue weighted by Crippen LogP contribution is 2.27. The van der Waals surface area contributed by atoms with Crippen molar-refractivity contribution >= 4 is 17.3 Å². The third-order valence-electron chi connectivity index (χ3n) is 2.65. The minimum atomic E-state index is -0.973. The molecule has 0 bridgehead atoms. The standard InChI is InChI=1S/C10H14O3/c1-5-4-6(2)10(13)8(7(3)11)9(5)12/h5-6,8H,4H2,1-3H3/t5-,6+,8?. The van der Waals surface area contributed by atoms with E-state index in [1.165, 1.54) is 6.92 Å². The summed E-state index contributed by atoms with van der Waals surface area (Å²) in [4.78, 5) is 34.0. The first kappa shape index (κ1) is 10.1. The molecular formula is C10H14O3. The Balaban J connectivity index is 2.95. The molecule has 0 aromatic rings. The molecule has 0 aromatic heterocycles. The number of carbonyl (C=O) groups is 3. The minimum Gasteiger partial charge on any atom is -0.299 e. The lowest BCUT2D eigenvalue weighted by molar-refractivity contribution is -0.146. The van der Waals surface area contributed by atoms with Gasteiger partial charge in [0.2, 0.25) is 0 Å². The van der Waals surface area contributed by atoms with Gasteiger partial charge in [0, 0.05) is 11.8 Å². The van der Waals surface area contributed by atoms with Crippen LogP contribution in [-0.2, 0) is 14.4 Å². The molecule has 13 heavy (non-hydrogen) atoms. The Labute approximate surface area is 77.5 Å². The van der Waals surface area contributed by atoms with E-state index in [0.717, 1.165) is 0 Å². The Kier molecular flexibility index (Phi) is 2.64. The van der Waals surface area contributed by atoms with E-state index in [9.17, 15) is 14.4 Å². The first-order chi connectivity index (χ1) is 5.95. The fourth-order valence-corrected chi connectivity index (χ4v) is 1.87. The number of hydrogen-bond acceptors (Lipinski definition) is 3. The van der Waals surface area contributed by atoms with E-state index in [1.54, 1.807) is 13.8 Å². The maximum absolute atomic E-state index is 11.5. The van der Waals surface area contributed by atoms with Crippen LogP contribution in [0.15, 0.2) is 0 Å². The van der Waals surface area contributed by atoms with E-state index < -0.39 is 5.92 Å². The molecule has 0 heterocycles. The summed E-state index contributed by atoms with van der Waals surface area (Å²) < 4.78 is 0. The van der Waals surface area contributed by atoms with Crippen molar-refractivity contribution in [3.63, 3.8) is 0 Å². The predicted molar refractivity (Wildman–Crippen MR) is 47.1 cm³/mol. The third kappa shape index (κ3) is 1.69. The van der Waals surface area contributed by atoms with E-state index in [1.807, 2.05) is 0 Å². The molecule has 0 aliphatic heterocycles. The predicted octanol–water partition coefficient (Wildman–Crippen LogP) is 1.01. The fourth-order valence-electron chi connectivity index (χ4n) is 1.87. The first-order valence-electron chi connectivity index (χ1n) is 4.53. The molecule has 1 rings (SSSR count). The average Bonchev–Trinajstić information content (AvgIpc) is 2.01. The zero-order chi connectivity index (χ0) is 10.2. The summed E-state index contributed by atoms with van der Waals surface area (Å²) in [5.41, 5.74) is 0. The van der Waals surface area contributed by atoms with Crippen LogP contribution in [0.1, 0.15) is 27.2 Å². The Morgan fingerprint density at radius 3 is 1.85 bits per heavy atom. The van der Waals surface area contributed by atoms with Gasteiger partial charge in [-0.05, 0) is 13.3 Å². The van der Waals surface area contributed by atoms with Crippen molar-refractivity contribution in [2.75, 3.05) is 0 Å². The van der Waals surface area contributed by atoms with Gasteiger partial charge < -0.3 is 0 Å². The SMILES string of the molecule is CC(=O)C1C(=O)[C@H](C)C[C@H](C)C1=O. The van der Waals surface area contributed by atoms with Crippen molar-refractivity contribution in [1.82, 2.24) is 0 Å². The van der Waals surface area contributed by atoms with Crippen LogP contribution in [0.4, 0.5) is 0 Å². The van der Waals surface area contributed by atoms with E-state index >= 15 is 0 Å². The Morgan fingerprint density at radius 2 is 1.54 bits per heavy atom. The van der Waals surface area contributed by atoms with Gasteiger partial charge in [0.15, 0.2) is 11.6 Å². The van der Waals surface area contributed by atoms with Crippen LogP contribution in [0.5, 0.6) is 0 Å². The van der Waals surface area contributed by atoms with E-state index in [2.05, 4.69) is 0 Å². The van der Waals surface area contributed by atoms with Crippen LogP contribution in [0.25, 0.3) is 0 Å². The lowest BCUT2D eigenvalue weighted by Gasteiger charge is -2.27. The molecule has 1 saturated carbocycles. The minimum absolute atomic E-state index is 0.151. The molecule has 0 spiro atoms. The highest BCUT2D eigenvalue weighted by atomic mass is 16.2. The number of hydrogen-bond donors (Lipinski definition) is 0. The highest BCUT2D eigenvalue weighted by molar-refractivity contribution is 6.21. The monoisotopic (exact) mass is 182 g/mol. The van der Waals surface area contributed by atoms with Gasteiger partial charge in [-0.1, -0.05) is 13.8 Å². The van der Waals surface area contributed by atoms with Crippen molar-refractivity contribution < 1.29 is 14.4 Å². The van der Waals surface area contributed by atoms with Crippen LogP contribution in [0.3, 0.4) is 0 Å². The lowest BCUT2D eigenvalue weighted by atomic mass is 9.73. The van der Waals surface area contributed by atoms with E-state index in [-0.39, 0.29) is 29.2 Å². The van der Waals surface area contributed by atoms with Gasteiger partial charge in [0.1, 0.15) is 11.7 Å². The second kappa shape index (κ2) is 3.40. The van der Waals surface area contributed by atoms with Crippen LogP contribution >= 0.6 is 0 Å². The van der Waals surface area contributed by atoms with Crippen LogP contribution in [0.2, 0.25) is 0 Å². The summed E-state index contributed by atoms with van der Waals surface area (Å²) in [7, 11) is 0. The molecule has 0 aromatic carbocycles.